The zero-order valence-corrected chi connectivity index (χ0v) is 15.8. The van der Waals surface area contributed by atoms with Crippen molar-refractivity contribution >= 4 is 17.4 Å². The van der Waals surface area contributed by atoms with Crippen LogP contribution in [0.2, 0.25) is 0 Å². The van der Waals surface area contributed by atoms with Crippen LogP contribution in [0.4, 0.5) is 0 Å². The van der Waals surface area contributed by atoms with Crippen LogP contribution in [0.5, 0.6) is 0 Å². The van der Waals surface area contributed by atoms with E-state index in [2.05, 4.69) is 9.97 Å². The molecule has 0 unspecified atom stereocenters. The van der Waals surface area contributed by atoms with Crippen LogP contribution in [0.3, 0.4) is 0 Å². The van der Waals surface area contributed by atoms with Gasteiger partial charge in [-0.1, -0.05) is 35.9 Å². The molecule has 1 amide bonds. The third-order valence-electron chi connectivity index (χ3n) is 4.96. The fourth-order valence-corrected chi connectivity index (χ4v) is 3.49. The van der Waals surface area contributed by atoms with Gasteiger partial charge in [-0.05, 0) is 36.2 Å². The minimum absolute atomic E-state index is 0.0777. The van der Waals surface area contributed by atoms with E-state index in [4.69, 9.17) is 0 Å². The molecule has 144 valence electrons. The lowest BCUT2D eigenvalue weighted by Gasteiger charge is -2.25. The number of aryl methyl sites for hydroxylation is 1. The van der Waals surface area contributed by atoms with E-state index >= 15 is 0 Å². The molecule has 6 nitrogen and oxygen atoms in total. The maximum atomic E-state index is 12.9. The normalized spacial score (nSPS) is 18.2. The molecular weight excluding hydrogens is 366 g/mol. The fraction of sp³-hybridized carbons (Fsp3) is 0.130. The third-order valence-corrected chi connectivity index (χ3v) is 4.96. The molecule has 29 heavy (non-hydrogen) atoms. The smallest absolute Gasteiger partial charge is 0.295 e. The van der Waals surface area contributed by atoms with E-state index in [1.54, 1.807) is 55.1 Å². The highest BCUT2D eigenvalue weighted by Crippen LogP contribution is 2.40. The summed E-state index contributed by atoms with van der Waals surface area (Å²) in [6, 6.07) is 13.6. The molecule has 6 heteroatoms. The molecule has 0 saturated carbocycles. The Kier molecular flexibility index (Phi) is 4.91. The first-order valence-corrected chi connectivity index (χ1v) is 9.20. The minimum atomic E-state index is -0.709. The third kappa shape index (κ3) is 3.52. The second-order valence-electron chi connectivity index (χ2n) is 6.93. The molecule has 1 fully saturated rings. The number of pyridine rings is 2. The van der Waals surface area contributed by atoms with Gasteiger partial charge in [0.25, 0.3) is 11.7 Å². The minimum Gasteiger partial charge on any atom is -0.507 e. The van der Waals surface area contributed by atoms with Crippen molar-refractivity contribution in [1.82, 2.24) is 14.9 Å². The number of likely N-dealkylation sites (tertiary alicyclic amines) is 1. The molecule has 4 rings (SSSR count). The number of ketones is 1. The molecule has 1 aromatic carbocycles. The van der Waals surface area contributed by atoms with Gasteiger partial charge >= 0.3 is 0 Å². The maximum Gasteiger partial charge on any atom is 0.295 e. The number of hydrogen-bond donors (Lipinski definition) is 1. The van der Waals surface area contributed by atoms with Gasteiger partial charge < -0.3 is 10.0 Å². The number of rotatable bonds is 4. The van der Waals surface area contributed by atoms with Gasteiger partial charge in [0.1, 0.15) is 5.76 Å². The molecule has 0 bridgehead atoms. The Morgan fingerprint density at radius 2 is 1.72 bits per heavy atom. The number of Topliss-reactive ketones (excluding diaryl/α,β-unsaturated/α-hetero) is 1. The van der Waals surface area contributed by atoms with E-state index in [0.29, 0.717) is 11.1 Å². The highest BCUT2D eigenvalue weighted by atomic mass is 16.3. The molecule has 3 heterocycles. The lowest BCUT2D eigenvalue weighted by atomic mass is 9.95. The molecule has 1 N–H and O–H groups in total. The van der Waals surface area contributed by atoms with Crippen LogP contribution in [-0.2, 0) is 16.1 Å². The van der Waals surface area contributed by atoms with Gasteiger partial charge in [0, 0.05) is 36.9 Å². The Hall–Kier alpha value is -3.80. The molecule has 1 atom stereocenters. The molecule has 3 aromatic rings. The van der Waals surface area contributed by atoms with Crippen LogP contribution >= 0.6 is 0 Å². The summed E-state index contributed by atoms with van der Waals surface area (Å²) in [5, 5.41) is 11.0. The van der Waals surface area contributed by atoms with Crippen molar-refractivity contribution < 1.29 is 14.7 Å². The van der Waals surface area contributed by atoms with Gasteiger partial charge in [0.2, 0.25) is 0 Å². The summed E-state index contributed by atoms with van der Waals surface area (Å²) >= 11 is 0. The van der Waals surface area contributed by atoms with Crippen molar-refractivity contribution in [3.63, 3.8) is 0 Å². The number of aliphatic hydroxyl groups excluding tert-OH is 1. The molecule has 2 aromatic heterocycles. The van der Waals surface area contributed by atoms with Crippen LogP contribution in [-0.4, -0.2) is 31.7 Å². The summed E-state index contributed by atoms with van der Waals surface area (Å²) in [6.45, 7) is 2.14. The summed E-state index contributed by atoms with van der Waals surface area (Å²) in [5.41, 5.74) is 3.10. The first-order chi connectivity index (χ1) is 14.1. The standard InChI is InChI=1S/C23H19N3O3/c1-15-4-6-18(7-5-15)21(27)19-20(17-8-11-24-12-9-17)26(23(29)22(19)28)14-16-3-2-10-25-13-16/h2-13,20,27H,14H2,1H3/t20-/m0/s1. The lowest BCUT2D eigenvalue weighted by Crippen LogP contribution is -2.29. The molecule has 0 aliphatic carbocycles. The summed E-state index contributed by atoms with van der Waals surface area (Å²) in [5.74, 6) is -1.53. The number of hydrogen-bond acceptors (Lipinski definition) is 5. The fourth-order valence-electron chi connectivity index (χ4n) is 3.49. The van der Waals surface area contributed by atoms with E-state index < -0.39 is 17.7 Å². The van der Waals surface area contributed by atoms with Gasteiger partial charge in [-0.15, -0.1) is 0 Å². The second-order valence-corrected chi connectivity index (χ2v) is 6.93. The average Bonchev–Trinajstić information content (AvgIpc) is 3.00. The summed E-state index contributed by atoms with van der Waals surface area (Å²) in [6.07, 6.45) is 6.51. The molecule has 1 saturated heterocycles. The number of amides is 1. The first kappa shape index (κ1) is 18.6. The maximum absolute atomic E-state index is 12.9. The van der Waals surface area contributed by atoms with E-state index in [-0.39, 0.29) is 17.9 Å². The number of carbonyl (C=O) groups excluding carboxylic acids is 2. The van der Waals surface area contributed by atoms with Gasteiger partial charge in [-0.3, -0.25) is 19.6 Å². The Bertz CT molecular complexity index is 1080. The van der Waals surface area contributed by atoms with Crippen molar-refractivity contribution in [3.05, 3.63) is 101 Å². The molecule has 0 spiro atoms. The first-order valence-electron chi connectivity index (χ1n) is 9.20. The van der Waals surface area contributed by atoms with Gasteiger partial charge in [-0.25, -0.2) is 0 Å². The largest absolute Gasteiger partial charge is 0.507 e. The van der Waals surface area contributed by atoms with Crippen LogP contribution in [0.15, 0.2) is 78.9 Å². The Balaban J connectivity index is 1.85. The Morgan fingerprint density at radius 1 is 1.00 bits per heavy atom. The van der Waals surface area contributed by atoms with Crippen molar-refractivity contribution in [3.8, 4) is 0 Å². The Morgan fingerprint density at radius 3 is 2.38 bits per heavy atom. The van der Waals surface area contributed by atoms with Crippen LogP contribution in [0, 0.1) is 6.92 Å². The molecule has 1 aliphatic heterocycles. The van der Waals surface area contributed by atoms with E-state index in [0.717, 1.165) is 11.1 Å². The molecule has 1 aliphatic rings. The van der Waals surface area contributed by atoms with E-state index in [1.807, 2.05) is 25.1 Å². The zero-order valence-electron chi connectivity index (χ0n) is 15.8. The quantitative estimate of drug-likeness (QED) is 0.423. The predicted octanol–water partition coefficient (Wildman–Crippen LogP) is 3.41. The second kappa shape index (κ2) is 7.67. The van der Waals surface area contributed by atoms with Crippen molar-refractivity contribution in [2.24, 2.45) is 0 Å². The van der Waals surface area contributed by atoms with Crippen LogP contribution < -0.4 is 0 Å². The van der Waals surface area contributed by atoms with E-state index in [1.165, 1.54) is 4.90 Å². The number of aliphatic hydroxyl groups is 1. The number of aromatic nitrogens is 2. The SMILES string of the molecule is Cc1ccc(C(O)=C2C(=O)C(=O)N(Cc3cccnc3)[C@H]2c2ccncc2)cc1. The average molecular weight is 385 g/mol. The molecular formula is C23H19N3O3. The number of benzene rings is 1. The summed E-state index contributed by atoms with van der Waals surface area (Å²) in [4.78, 5) is 35.4. The predicted molar refractivity (Wildman–Crippen MR) is 107 cm³/mol. The van der Waals surface area contributed by atoms with Gasteiger partial charge in [-0.2, -0.15) is 0 Å². The van der Waals surface area contributed by atoms with Gasteiger partial charge in [0.15, 0.2) is 0 Å². The van der Waals surface area contributed by atoms with Crippen molar-refractivity contribution in [1.29, 1.82) is 0 Å². The number of nitrogens with zero attached hydrogens (tertiary/aromatic N) is 3. The monoisotopic (exact) mass is 385 g/mol. The summed E-state index contributed by atoms with van der Waals surface area (Å²) in [7, 11) is 0. The summed E-state index contributed by atoms with van der Waals surface area (Å²) < 4.78 is 0. The Labute approximate surface area is 168 Å². The van der Waals surface area contributed by atoms with E-state index in [9.17, 15) is 14.7 Å². The lowest BCUT2D eigenvalue weighted by molar-refractivity contribution is -0.140. The highest BCUT2D eigenvalue weighted by Gasteiger charge is 2.46. The topological polar surface area (TPSA) is 83.4 Å². The molecule has 0 radical (unpaired) electrons. The highest BCUT2D eigenvalue weighted by molar-refractivity contribution is 6.46. The zero-order chi connectivity index (χ0) is 20.4. The number of carbonyl (C=O) groups is 2. The van der Waals surface area contributed by atoms with Crippen LogP contribution in [0.1, 0.15) is 28.3 Å². The van der Waals surface area contributed by atoms with Gasteiger partial charge in [0.05, 0.1) is 11.6 Å². The van der Waals surface area contributed by atoms with Crippen LogP contribution in [0.25, 0.3) is 5.76 Å². The van der Waals surface area contributed by atoms with Crippen molar-refractivity contribution in [2.45, 2.75) is 19.5 Å². The van der Waals surface area contributed by atoms with Crippen molar-refractivity contribution in [2.75, 3.05) is 0 Å².